The van der Waals surface area contributed by atoms with E-state index in [1.165, 1.54) is 0 Å². The Kier molecular flexibility index (Phi) is 5.42. The highest BCUT2D eigenvalue weighted by Crippen LogP contribution is 2.15. The van der Waals surface area contributed by atoms with E-state index in [1.54, 1.807) is 4.90 Å². The summed E-state index contributed by atoms with van der Waals surface area (Å²) in [4.78, 5) is 13.7. The van der Waals surface area contributed by atoms with Crippen LogP contribution in [0.25, 0.3) is 0 Å². The summed E-state index contributed by atoms with van der Waals surface area (Å²) in [5, 5.41) is 11.8. The summed E-state index contributed by atoms with van der Waals surface area (Å²) in [6.07, 6.45) is 2.28. The van der Waals surface area contributed by atoms with Crippen LogP contribution in [0.4, 0.5) is 4.79 Å². The number of nitriles is 1. The number of piperidine rings is 1. The molecule has 0 bridgehead atoms. The van der Waals surface area contributed by atoms with E-state index in [2.05, 4.69) is 11.4 Å². The lowest BCUT2D eigenvalue weighted by atomic mass is 10.1. The van der Waals surface area contributed by atoms with Crippen LogP contribution in [-0.2, 0) is 4.74 Å². The third-order valence-electron chi connectivity index (χ3n) is 2.74. The molecule has 1 atom stereocenters. The van der Waals surface area contributed by atoms with Crippen molar-refractivity contribution in [1.29, 1.82) is 5.26 Å². The molecule has 1 aliphatic rings. The van der Waals surface area contributed by atoms with Crippen molar-refractivity contribution in [3.63, 3.8) is 0 Å². The Balaban J connectivity index is 2.39. The molecule has 1 unspecified atom stereocenters. The molecule has 1 rings (SSSR count). The van der Waals surface area contributed by atoms with Crippen molar-refractivity contribution in [2.24, 2.45) is 0 Å². The molecule has 1 amide bonds. The molecular weight excluding hydrogens is 230 g/mol. The van der Waals surface area contributed by atoms with Crippen molar-refractivity contribution < 1.29 is 9.53 Å². The van der Waals surface area contributed by atoms with Crippen molar-refractivity contribution in [3.8, 4) is 6.07 Å². The molecule has 0 spiro atoms. The van der Waals surface area contributed by atoms with Gasteiger partial charge in [-0.2, -0.15) is 5.26 Å². The maximum Gasteiger partial charge on any atom is 0.410 e. The lowest BCUT2D eigenvalue weighted by molar-refractivity contribution is 0.0188. The van der Waals surface area contributed by atoms with Crippen LogP contribution in [0.1, 0.15) is 40.0 Å². The average molecular weight is 253 g/mol. The Morgan fingerprint density at radius 1 is 1.56 bits per heavy atom. The normalized spacial score (nSPS) is 20.3. The fourth-order valence-electron chi connectivity index (χ4n) is 1.97. The Morgan fingerprint density at radius 2 is 2.28 bits per heavy atom. The van der Waals surface area contributed by atoms with Gasteiger partial charge in [-0.1, -0.05) is 0 Å². The molecule has 102 valence electrons. The van der Waals surface area contributed by atoms with Crippen molar-refractivity contribution in [2.75, 3.05) is 19.6 Å². The Bertz CT molecular complexity index is 317. The van der Waals surface area contributed by atoms with E-state index in [4.69, 9.17) is 10.00 Å². The number of ether oxygens (including phenoxy) is 1. The number of hydrogen-bond donors (Lipinski definition) is 1. The lowest BCUT2D eigenvalue weighted by Gasteiger charge is -2.34. The average Bonchev–Trinajstić information content (AvgIpc) is 2.27. The molecule has 0 aliphatic carbocycles. The fraction of sp³-hybridized carbons (Fsp3) is 0.846. The zero-order valence-electron chi connectivity index (χ0n) is 11.5. The second-order valence-electron chi connectivity index (χ2n) is 5.63. The van der Waals surface area contributed by atoms with Gasteiger partial charge in [0, 0.05) is 32.1 Å². The summed E-state index contributed by atoms with van der Waals surface area (Å²) < 4.78 is 5.36. The van der Waals surface area contributed by atoms with Gasteiger partial charge >= 0.3 is 6.09 Å². The number of carbonyl (C=O) groups is 1. The molecule has 18 heavy (non-hydrogen) atoms. The summed E-state index contributed by atoms with van der Waals surface area (Å²) in [7, 11) is 0. The smallest absolute Gasteiger partial charge is 0.410 e. The summed E-state index contributed by atoms with van der Waals surface area (Å²) in [5.74, 6) is 0. The van der Waals surface area contributed by atoms with Gasteiger partial charge in [-0.3, -0.25) is 0 Å². The maximum atomic E-state index is 11.9. The third kappa shape index (κ3) is 5.37. The number of nitrogens with zero attached hydrogens (tertiary/aromatic N) is 2. The van der Waals surface area contributed by atoms with E-state index in [0.29, 0.717) is 19.5 Å². The number of amides is 1. The van der Waals surface area contributed by atoms with Crippen molar-refractivity contribution >= 4 is 6.09 Å². The summed E-state index contributed by atoms with van der Waals surface area (Å²) in [6, 6.07) is 2.38. The number of rotatable bonds is 3. The summed E-state index contributed by atoms with van der Waals surface area (Å²) >= 11 is 0. The summed E-state index contributed by atoms with van der Waals surface area (Å²) in [5.41, 5.74) is -0.446. The minimum absolute atomic E-state index is 0.241. The minimum atomic E-state index is -0.446. The first-order valence-corrected chi connectivity index (χ1v) is 6.50. The monoisotopic (exact) mass is 253 g/mol. The maximum absolute atomic E-state index is 11.9. The number of carbonyl (C=O) groups excluding carboxylic acids is 1. The van der Waals surface area contributed by atoms with Gasteiger partial charge in [0.15, 0.2) is 0 Å². The van der Waals surface area contributed by atoms with Crippen LogP contribution >= 0.6 is 0 Å². The molecule has 5 nitrogen and oxygen atoms in total. The van der Waals surface area contributed by atoms with Crippen molar-refractivity contribution in [3.05, 3.63) is 0 Å². The van der Waals surface area contributed by atoms with Gasteiger partial charge in [0.25, 0.3) is 0 Å². The largest absolute Gasteiger partial charge is 0.444 e. The zero-order valence-corrected chi connectivity index (χ0v) is 11.5. The molecule has 5 heteroatoms. The molecule has 0 aromatic carbocycles. The standard InChI is InChI=1S/C13H23N3O2/c1-13(2,3)18-12(17)16-9-4-6-11(10-16)15-8-5-7-14/h11,15H,4-6,8-10H2,1-3H3. The highest BCUT2D eigenvalue weighted by molar-refractivity contribution is 5.68. The van der Waals surface area contributed by atoms with Crippen LogP contribution in [0, 0.1) is 11.3 Å². The molecule has 1 saturated heterocycles. The predicted octanol–water partition coefficient (Wildman–Crippen LogP) is 1.89. The van der Waals surface area contributed by atoms with Crippen molar-refractivity contribution in [2.45, 2.75) is 51.7 Å². The molecule has 1 N–H and O–H groups in total. The Labute approximate surface area is 109 Å². The highest BCUT2D eigenvalue weighted by Gasteiger charge is 2.27. The Morgan fingerprint density at radius 3 is 2.89 bits per heavy atom. The first kappa shape index (κ1) is 14.8. The second-order valence-corrected chi connectivity index (χ2v) is 5.63. The van der Waals surface area contributed by atoms with Gasteiger partial charge in [0.05, 0.1) is 6.07 Å². The minimum Gasteiger partial charge on any atom is -0.444 e. The topological polar surface area (TPSA) is 65.4 Å². The predicted molar refractivity (Wildman–Crippen MR) is 69.1 cm³/mol. The van der Waals surface area contributed by atoms with E-state index >= 15 is 0 Å². The molecule has 0 radical (unpaired) electrons. The SMILES string of the molecule is CC(C)(C)OC(=O)N1CCCC(NCCC#N)C1. The number of nitrogens with one attached hydrogen (secondary N) is 1. The van der Waals surface area contributed by atoms with Gasteiger partial charge in [0.2, 0.25) is 0 Å². The first-order chi connectivity index (χ1) is 8.42. The highest BCUT2D eigenvalue weighted by atomic mass is 16.6. The van der Waals surface area contributed by atoms with Gasteiger partial charge < -0.3 is 15.0 Å². The molecular formula is C13H23N3O2. The number of hydrogen-bond acceptors (Lipinski definition) is 4. The van der Waals surface area contributed by atoms with Gasteiger partial charge in [0.1, 0.15) is 5.60 Å². The second kappa shape index (κ2) is 6.60. The molecule has 1 fully saturated rings. The van der Waals surface area contributed by atoms with Crippen molar-refractivity contribution in [1.82, 2.24) is 10.2 Å². The third-order valence-corrected chi connectivity index (χ3v) is 2.74. The van der Waals surface area contributed by atoms with E-state index in [-0.39, 0.29) is 12.1 Å². The van der Waals surface area contributed by atoms with Gasteiger partial charge in [-0.05, 0) is 33.6 Å². The van der Waals surface area contributed by atoms with Gasteiger partial charge in [-0.15, -0.1) is 0 Å². The van der Waals surface area contributed by atoms with Gasteiger partial charge in [-0.25, -0.2) is 4.79 Å². The molecule has 1 aliphatic heterocycles. The van der Waals surface area contributed by atoms with Crippen LogP contribution in [0.3, 0.4) is 0 Å². The van der Waals surface area contributed by atoms with E-state index in [0.717, 1.165) is 19.4 Å². The number of likely N-dealkylation sites (tertiary alicyclic amines) is 1. The van der Waals surface area contributed by atoms with Crippen LogP contribution in [0.15, 0.2) is 0 Å². The quantitative estimate of drug-likeness (QED) is 0.780. The fourth-order valence-corrected chi connectivity index (χ4v) is 1.97. The molecule has 0 aromatic rings. The first-order valence-electron chi connectivity index (χ1n) is 6.50. The van der Waals surface area contributed by atoms with E-state index < -0.39 is 5.60 Å². The molecule has 1 heterocycles. The van der Waals surface area contributed by atoms with Crippen LogP contribution in [-0.4, -0.2) is 42.3 Å². The van der Waals surface area contributed by atoms with E-state index in [9.17, 15) is 4.79 Å². The van der Waals surface area contributed by atoms with Crippen LogP contribution in [0.2, 0.25) is 0 Å². The molecule has 0 aromatic heterocycles. The Hall–Kier alpha value is -1.28. The van der Waals surface area contributed by atoms with Crippen LogP contribution in [0.5, 0.6) is 0 Å². The molecule has 0 saturated carbocycles. The lowest BCUT2D eigenvalue weighted by Crippen LogP contribution is -2.49. The zero-order chi connectivity index (χ0) is 13.6. The van der Waals surface area contributed by atoms with Crippen LogP contribution < -0.4 is 5.32 Å². The van der Waals surface area contributed by atoms with E-state index in [1.807, 2.05) is 20.8 Å². The summed E-state index contributed by atoms with van der Waals surface area (Å²) in [6.45, 7) is 7.72.